The van der Waals surface area contributed by atoms with Gasteiger partial charge in [-0.3, -0.25) is 15.7 Å². The van der Waals surface area contributed by atoms with Crippen molar-refractivity contribution in [3.8, 4) is 0 Å². The van der Waals surface area contributed by atoms with Crippen molar-refractivity contribution in [2.75, 3.05) is 13.2 Å². The van der Waals surface area contributed by atoms with Crippen molar-refractivity contribution in [2.45, 2.75) is 6.42 Å². The third kappa shape index (κ3) is 3.85. The molecule has 0 aromatic carbocycles. The van der Waals surface area contributed by atoms with Gasteiger partial charge in [0.25, 0.3) is 0 Å². The van der Waals surface area contributed by atoms with Crippen LogP contribution in [0.5, 0.6) is 0 Å². The van der Waals surface area contributed by atoms with Gasteiger partial charge in [0, 0.05) is 6.54 Å². The number of rotatable bonds is 3. The lowest BCUT2D eigenvalue weighted by Crippen LogP contribution is -2.23. The molecule has 0 aliphatic heterocycles. The highest BCUT2D eigenvalue weighted by Gasteiger charge is 1.76. The van der Waals surface area contributed by atoms with Crippen LogP contribution in [-0.2, 0) is 0 Å². The molecule has 6 heavy (non-hydrogen) atoms. The van der Waals surface area contributed by atoms with Gasteiger partial charge in [-0.15, -0.1) is 0 Å². The van der Waals surface area contributed by atoms with Crippen LogP contribution in [0, 0.1) is 0 Å². The average molecular weight is 92.1 g/mol. The largest absolute Gasteiger partial charge is 0.271 e. The van der Waals surface area contributed by atoms with Gasteiger partial charge in [0.05, 0.1) is 6.67 Å². The van der Waals surface area contributed by atoms with Crippen LogP contribution in [0.3, 0.4) is 0 Å². The topological polar surface area (TPSA) is 38.0 Å². The van der Waals surface area contributed by atoms with Crippen LogP contribution in [0.4, 0.5) is 4.39 Å². The number of hydrogen-bond acceptors (Lipinski definition) is 2. The SMILES string of the molecule is NNCCCF. The molecule has 2 nitrogen and oxygen atoms in total. The van der Waals surface area contributed by atoms with Gasteiger partial charge in [-0.2, -0.15) is 0 Å². The highest BCUT2D eigenvalue weighted by atomic mass is 19.1. The summed E-state index contributed by atoms with van der Waals surface area (Å²) < 4.78 is 11.1. The van der Waals surface area contributed by atoms with Crippen molar-refractivity contribution in [3.63, 3.8) is 0 Å². The first-order chi connectivity index (χ1) is 2.91. The summed E-state index contributed by atoms with van der Waals surface area (Å²) >= 11 is 0. The lowest BCUT2D eigenvalue weighted by molar-refractivity contribution is 0.462. The molecule has 0 heterocycles. The fourth-order valence-electron chi connectivity index (χ4n) is 0.169. The van der Waals surface area contributed by atoms with Gasteiger partial charge in [-0.05, 0) is 6.42 Å². The monoisotopic (exact) mass is 92.1 g/mol. The van der Waals surface area contributed by atoms with E-state index in [1.165, 1.54) is 0 Å². The standard InChI is InChI=1S/C3H9FN2/c4-2-1-3-6-5/h6H,1-3,5H2. The zero-order valence-electron chi connectivity index (χ0n) is 3.58. The van der Waals surface area contributed by atoms with Crippen molar-refractivity contribution in [1.29, 1.82) is 0 Å². The van der Waals surface area contributed by atoms with Crippen LogP contribution in [0.2, 0.25) is 0 Å². The summed E-state index contributed by atoms with van der Waals surface area (Å²) in [5.74, 6) is 4.80. The molecule has 0 spiro atoms. The molecular weight excluding hydrogens is 83.0 g/mol. The van der Waals surface area contributed by atoms with Crippen LogP contribution in [0.1, 0.15) is 6.42 Å². The molecule has 38 valence electrons. The first-order valence-corrected chi connectivity index (χ1v) is 1.91. The molecular formula is C3H9FN2. The maximum Gasteiger partial charge on any atom is 0.0907 e. The second-order valence-electron chi connectivity index (χ2n) is 0.997. The highest BCUT2D eigenvalue weighted by molar-refractivity contribution is 4.33. The average Bonchev–Trinajstić information content (AvgIpc) is 1.61. The van der Waals surface area contributed by atoms with Crippen LogP contribution in [-0.4, -0.2) is 13.2 Å². The third-order valence-electron chi connectivity index (χ3n) is 0.455. The van der Waals surface area contributed by atoms with Crippen molar-refractivity contribution in [3.05, 3.63) is 0 Å². The van der Waals surface area contributed by atoms with Crippen molar-refractivity contribution >= 4 is 0 Å². The lowest BCUT2D eigenvalue weighted by atomic mass is 10.5. The minimum absolute atomic E-state index is 0.288. The number of hydrazine groups is 1. The molecule has 0 aliphatic carbocycles. The van der Waals surface area contributed by atoms with E-state index in [-0.39, 0.29) is 6.67 Å². The Morgan fingerprint density at radius 2 is 2.33 bits per heavy atom. The summed E-state index contributed by atoms with van der Waals surface area (Å²) in [6.45, 7) is 0.278. The Labute approximate surface area is 36.5 Å². The quantitative estimate of drug-likeness (QED) is 0.287. The molecule has 0 unspecified atom stereocenters. The molecule has 0 bridgehead atoms. The van der Waals surface area contributed by atoms with Gasteiger partial charge in [0.1, 0.15) is 0 Å². The van der Waals surface area contributed by atoms with Crippen molar-refractivity contribution < 1.29 is 4.39 Å². The Kier molecular flexibility index (Phi) is 4.73. The first kappa shape index (κ1) is 5.85. The van der Waals surface area contributed by atoms with E-state index in [4.69, 9.17) is 5.84 Å². The van der Waals surface area contributed by atoms with E-state index in [9.17, 15) is 4.39 Å². The predicted octanol–water partition coefficient (Wildman–Crippen LogP) is -0.191. The summed E-state index contributed by atoms with van der Waals surface area (Å²) in [5, 5.41) is 0. The van der Waals surface area contributed by atoms with E-state index in [1.807, 2.05) is 0 Å². The molecule has 3 N–H and O–H groups in total. The van der Waals surface area contributed by atoms with Gasteiger partial charge < -0.3 is 0 Å². The molecule has 0 amide bonds. The van der Waals surface area contributed by atoms with Gasteiger partial charge in [0.15, 0.2) is 0 Å². The number of alkyl halides is 1. The molecule has 0 radical (unpaired) electrons. The summed E-state index contributed by atoms with van der Waals surface area (Å²) in [6.07, 6.45) is 0.510. The van der Waals surface area contributed by atoms with E-state index in [2.05, 4.69) is 5.43 Å². The van der Waals surface area contributed by atoms with E-state index in [0.717, 1.165) is 0 Å². The molecule has 0 atom stereocenters. The van der Waals surface area contributed by atoms with Gasteiger partial charge >= 0.3 is 0 Å². The van der Waals surface area contributed by atoms with E-state index in [0.29, 0.717) is 13.0 Å². The minimum Gasteiger partial charge on any atom is -0.271 e. The van der Waals surface area contributed by atoms with Gasteiger partial charge in [-0.1, -0.05) is 0 Å². The van der Waals surface area contributed by atoms with Crippen LogP contribution < -0.4 is 11.3 Å². The Balaban J connectivity index is 2.34. The summed E-state index contributed by atoms with van der Waals surface area (Å²) in [6, 6.07) is 0. The fraction of sp³-hybridized carbons (Fsp3) is 1.00. The molecule has 0 saturated carbocycles. The number of hydrogen-bond donors (Lipinski definition) is 2. The third-order valence-corrected chi connectivity index (χ3v) is 0.455. The van der Waals surface area contributed by atoms with Crippen LogP contribution in [0.15, 0.2) is 0 Å². The minimum atomic E-state index is -0.288. The Hall–Kier alpha value is -0.150. The van der Waals surface area contributed by atoms with E-state index in [1.54, 1.807) is 0 Å². The number of nitrogens with one attached hydrogen (secondary N) is 1. The normalized spacial score (nSPS) is 9.00. The number of nitrogens with two attached hydrogens (primary N) is 1. The maximum atomic E-state index is 11.1. The summed E-state index contributed by atoms with van der Waals surface area (Å²) in [7, 11) is 0. The van der Waals surface area contributed by atoms with E-state index < -0.39 is 0 Å². The Morgan fingerprint density at radius 1 is 1.67 bits per heavy atom. The Bertz CT molecular complexity index is 20.8. The first-order valence-electron chi connectivity index (χ1n) is 1.91. The lowest BCUT2D eigenvalue weighted by Gasteiger charge is -1.88. The van der Waals surface area contributed by atoms with Gasteiger partial charge in [0.2, 0.25) is 0 Å². The molecule has 0 fully saturated rings. The Morgan fingerprint density at radius 3 is 2.50 bits per heavy atom. The predicted molar refractivity (Wildman–Crippen MR) is 22.8 cm³/mol. The second-order valence-corrected chi connectivity index (χ2v) is 0.997. The zero-order valence-corrected chi connectivity index (χ0v) is 3.58. The summed E-state index contributed by atoms with van der Waals surface area (Å²) in [5.41, 5.74) is 2.33. The smallest absolute Gasteiger partial charge is 0.0907 e. The zero-order chi connectivity index (χ0) is 4.83. The van der Waals surface area contributed by atoms with Crippen molar-refractivity contribution in [2.24, 2.45) is 5.84 Å². The molecule has 0 aliphatic rings. The van der Waals surface area contributed by atoms with Crippen LogP contribution in [0.25, 0.3) is 0 Å². The second kappa shape index (κ2) is 4.85. The van der Waals surface area contributed by atoms with Crippen LogP contribution >= 0.6 is 0 Å². The maximum absolute atomic E-state index is 11.1. The molecule has 0 rings (SSSR count). The van der Waals surface area contributed by atoms with Gasteiger partial charge in [-0.25, -0.2) is 0 Å². The number of halogens is 1. The summed E-state index contributed by atoms with van der Waals surface area (Å²) in [4.78, 5) is 0. The molecule has 0 aromatic rings. The molecule has 0 saturated heterocycles. The fourth-order valence-corrected chi connectivity index (χ4v) is 0.169. The van der Waals surface area contributed by atoms with E-state index >= 15 is 0 Å². The molecule has 3 heteroatoms. The molecule has 0 aromatic heterocycles. The van der Waals surface area contributed by atoms with Crippen molar-refractivity contribution in [1.82, 2.24) is 5.43 Å². The highest BCUT2D eigenvalue weighted by Crippen LogP contribution is 1.72.